The molecule has 1 aromatic carbocycles. The first kappa shape index (κ1) is 18.1. The van der Waals surface area contributed by atoms with E-state index in [0.29, 0.717) is 36.7 Å². The minimum Gasteiger partial charge on any atom is -0.355 e. The Morgan fingerprint density at radius 2 is 2.04 bits per heavy atom. The summed E-state index contributed by atoms with van der Waals surface area (Å²) in [4.78, 5) is 16.4. The summed E-state index contributed by atoms with van der Waals surface area (Å²) in [5.41, 5.74) is 0.358. The molecular weight excluding hydrogens is 309 g/mol. The number of carbonyl (C=O) groups is 1. The van der Waals surface area contributed by atoms with Gasteiger partial charge in [-0.15, -0.1) is 0 Å². The molecule has 0 aliphatic heterocycles. The Kier molecular flexibility index (Phi) is 5.70. The van der Waals surface area contributed by atoms with Crippen LogP contribution in [0.3, 0.4) is 0 Å². The van der Waals surface area contributed by atoms with Crippen molar-refractivity contribution in [1.82, 2.24) is 15.5 Å². The topological polar surface area (TPSA) is 68.0 Å². The van der Waals surface area contributed by atoms with E-state index in [4.69, 9.17) is 4.52 Å². The number of nitrogens with one attached hydrogen (secondary N) is 1. The van der Waals surface area contributed by atoms with Crippen LogP contribution in [-0.4, -0.2) is 22.6 Å². The largest absolute Gasteiger partial charge is 0.355 e. The Morgan fingerprint density at radius 1 is 1.33 bits per heavy atom. The molecular formula is C18H24FN3O2. The van der Waals surface area contributed by atoms with E-state index in [9.17, 15) is 9.18 Å². The zero-order valence-corrected chi connectivity index (χ0v) is 14.6. The van der Waals surface area contributed by atoms with Crippen molar-refractivity contribution in [3.8, 4) is 0 Å². The number of hydrogen-bond donors (Lipinski definition) is 1. The molecule has 1 atom stereocenters. The van der Waals surface area contributed by atoms with Crippen LogP contribution in [0.1, 0.15) is 45.0 Å². The molecule has 1 unspecified atom stereocenters. The van der Waals surface area contributed by atoms with Gasteiger partial charge in [-0.25, -0.2) is 4.39 Å². The summed E-state index contributed by atoms with van der Waals surface area (Å²) in [5.74, 6) is 0.451. The molecule has 1 heterocycles. The molecule has 0 aliphatic carbocycles. The average Bonchev–Trinajstić information content (AvgIpc) is 2.98. The van der Waals surface area contributed by atoms with Gasteiger partial charge in [0, 0.05) is 24.3 Å². The van der Waals surface area contributed by atoms with Gasteiger partial charge in [-0.1, -0.05) is 51.1 Å². The first-order valence-electron chi connectivity index (χ1n) is 8.11. The zero-order valence-electron chi connectivity index (χ0n) is 14.6. The normalized spacial score (nSPS) is 12.9. The van der Waals surface area contributed by atoms with Crippen molar-refractivity contribution < 1.29 is 13.7 Å². The van der Waals surface area contributed by atoms with E-state index in [-0.39, 0.29) is 23.1 Å². The number of halogens is 1. The first-order valence-corrected chi connectivity index (χ1v) is 8.11. The summed E-state index contributed by atoms with van der Waals surface area (Å²) in [7, 11) is 0. The van der Waals surface area contributed by atoms with E-state index >= 15 is 0 Å². The minimum atomic E-state index is -0.308. The molecule has 1 N–H and O–H groups in total. The van der Waals surface area contributed by atoms with Crippen molar-refractivity contribution >= 4 is 5.91 Å². The molecule has 0 bridgehead atoms. The van der Waals surface area contributed by atoms with Crippen molar-refractivity contribution in [2.45, 2.75) is 46.0 Å². The molecule has 130 valence electrons. The Morgan fingerprint density at radius 3 is 2.67 bits per heavy atom. The van der Waals surface area contributed by atoms with Gasteiger partial charge in [-0.05, 0) is 18.1 Å². The Balaban J connectivity index is 1.80. The standard InChI is InChI=1S/C18H24FN3O2/c1-12(11-13-7-5-6-8-14(13)19)16(23)20-10-9-15-21-17(24-22-15)18(2,3)4/h5-8,12H,9-11H2,1-4H3,(H,20,23). The molecule has 0 fully saturated rings. The highest BCUT2D eigenvalue weighted by molar-refractivity contribution is 5.78. The highest BCUT2D eigenvalue weighted by Crippen LogP contribution is 2.19. The lowest BCUT2D eigenvalue weighted by molar-refractivity contribution is -0.124. The number of aromatic nitrogens is 2. The van der Waals surface area contributed by atoms with E-state index in [1.165, 1.54) is 6.07 Å². The minimum absolute atomic E-state index is 0.113. The van der Waals surface area contributed by atoms with Crippen LogP contribution in [0.5, 0.6) is 0 Å². The van der Waals surface area contributed by atoms with Crippen LogP contribution in [-0.2, 0) is 23.1 Å². The molecule has 0 saturated heterocycles. The lowest BCUT2D eigenvalue weighted by atomic mass is 9.97. The number of rotatable bonds is 6. The summed E-state index contributed by atoms with van der Waals surface area (Å²) >= 11 is 0. The third-order valence-corrected chi connectivity index (χ3v) is 3.69. The van der Waals surface area contributed by atoms with Gasteiger partial charge >= 0.3 is 0 Å². The summed E-state index contributed by atoms with van der Waals surface area (Å²) in [5, 5.41) is 6.75. The van der Waals surface area contributed by atoms with Gasteiger partial charge in [0.05, 0.1) is 0 Å². The monoisotopic (exact) mass is 333 g/mol. The second kappa shape index (κ2) is 7.55. The van der Waals surface area contributed by atoms with E-state index in [2.05, 4.69) is 15.5 Å². The molecule has 0 radical (unpaired) electrons. The fourth-order valence-electron chi connectivity index (χ4n) is 2.22. The highest BCUT2D eigenvalue weighted by atomic mass is 19.1. The Labute approximate surface area is 141 Å². The number of hydrogen-bond acceptors (Lipinski definition) is 4. The quantitative estimate of drug-likeness (QED) is 0.882. The lowest BCUT2D eigenvalue weighted by Gasteiger charge is -2.12. The van der Waals surface area contributed by atoms with Gasteiger partial charge in [-0.3, -0.25) is 4.79 Å². The molecule has 6 heteroatoms. The fourth-order valence-corrected chi connectivity index (χ4v) is 2.22. The second-order valence-electron chi connectivity index (χ2n) is 7.00. The van der Waals surface area contributed by atoms with Crippen molar-refractivity contribution in [1.29, 1.82) is 0 Å². The third-order valence-electron chi connectivity index (χ3n) is 3.69. The third kappa shape index (κ3) is 4.88. The maximum atomic E-state index is 13.6. The van der Waals surface area contributed by atoms with Crippen LogP contribution < -0.4 is 5.32 Å². The van der Waals surface area contributed by atoms with Crippen molar-refractivity contribution in [2.24, 2.45) is 5.92 Å². The van der Waals surface area contributed by atoms with Crippen LogP contribution in [0, 0.1) is 11.7 Å². The summed E-state index contributed by atoms with van der Waals surface area (Å²) in [6, 6.07) is 6.52. The number of carbonyl (C=O) groups excluding carboxylic acids is 1. The Bertz CT molecular complexity index is 692. The predicted octanol–water partition coefficient (Wildman–Crippen LogP) is 3.04. The number of nitrogens with zero attached hydrogens (tertiary/aromatic N) is 2. The zero-order chi connectivity index (χ0) is 17.7. The molecule has 5 nitrogen and oxygen atoms in total. The predicted molar refractivity (Wildman–Crippen MR) is 89.0 cm³/mol. The van der Waals surface area contributed by atoms with Gasteiger partial charge in [-0.2, -0.15) is 4.98 Å². The molecule has 1 amide bonds. The van der Waals surface area contributed by atoms with Crippen molar-refractivity contribution in [3.63, 3.8) is 0 Å². The van der Waals surface area contributed by atoms with Crippen molar-refractivity contribution in [3.05, 3.63) is 47.4 Å². The van der Waals surface area contributed by atoms with E-state index in [1.54, 1.807) is 25.1 Å². The Hall–Kier alpha value is -2.24. The van der Waals surface area contributed by atoms with Gasteiger partial charge in [0.1, 0.15) is 5.82 Å². The van der Waals surface area contributed by atoms with Crippen LogP contribution in [0.2, 0.25) is 0 Å². The van der Waals surface area contributed by atoms with Crippen molar-refractivity contribution in [2.75, 3.05) is 6.54 Å². The average molecular weight is 333 g/mol. The van der Waals surface area contributed by atoms with Crippen LogP contribution in [0.4, 0.5) is 4.39 Å². The van der Waals surface area contributed by atoms with Crippen LogP contribution in [0.25, 0.3) is 0 Å². The van der Waals surface area contributed by atoms with E-state index < -0.39 is 0 Å². The van der Waals surface area contributed by atoms with Crippen LogP contribution >= 0.6 is 0 Å². The van der Waals surface area contributed by atoms with Gasteiger partial charge in [0.2, 0.25) is 11.8 Å². The van der Waals surface area contributed by atoms with Crippen LogP contribution in [0.15, 0.2) is 28.8 Å². The van der Waals surface area contributed by atoms with Gasteiger partial charge in [0.25, 0.3) is 0 Å². The fraction of sp³-hybridized carbons (Fsp3) is 0.500. The summed E-state index contributed by atoms with van der Waals surface area (Å²) in [6.07, 6.45) is 0.868. The summed E-state index contributed by atoms with van der Waals surface area (Å²) in [6.45, 7) is 8.20. The molecule has 2 aromatic rings. The number of benzene rings is 1. The SMILES string of the molecule is CC(Cc1ccccc1F)C(=O)NCCc1noc(C(C)(C)C)n1. The molecule has 0 aliphatic rings. The first-order chi connectivity index (χ1) is 11.3. The summed E-state index contributed by atoms with van der Waals surface area (Å²) < 4.78 is 18.8. The van der Waals surface area contributed by atoms with E-state index in [1.807, 2.05) is 20.8 Å². The second-order valence-corrected chi connectivity index (χ2v) is 7.00. The lowest BCUT2D eigenvalue weighted by Crippen LogP contribution is -2.32. The van der Waals surface area contributed by atoms with Gasteiger partial charge in [0.15, 0.2) is 5.82 Å². The number of amides is 1. The molecule has 0 saturated carbocycles. The maximum absolute atomic E-state index is 13.6. The molecule has 1 aromatic heterocycles. The molecule has 24 heavy (non-hydrogen) atoms. The highest BCUT2D eigenvalue weighted by Gasteiger charge is 2.21. The van der Waals surface area contributed by atoms with E-state index in [0.717, 1.165) is 0 Å². The maximum Gasteiger partial charge on any atom is 0.232 e. The molecule has 0 spiro atoms. The van der Waals surface area contributed by atoms with Gasteiger partial charge < -0.3 is 9.84 Å². The molecule has 2 rings (SSSR count). The smallest absolute Gasteiger partial charge is 0.232 e.